The number of rotatable bonds is 7. The van der Waals surface area contributed by atoms with Crippen LogP contribution in [0.15, 0.2) is 46.9 Å². The Labute approximate surface area is 140 Å². The summed E-state index contributed by atoms with van der Waals surface area (Å²) in [5.41, 5.74) is 2.34. The van der Waals surface area contributed by atoms with Crippen molar-refractivity contribution in [1.29, 1.82) is 0 Å². The average molecular weight is 364 g/mol. The van der Waals surface area contributed by atoms with Gasteiger partial charge in [0.1, 0.15) is 0 Å². The van der Waals surface area contributed by atoms with E-state index < -0.39 is 0 Å². The van der Waals surface area contributed by atoms with Crippen molar-refractivity contribution in [2.75, 3.05) is 7.11 Å². The van der Waals surface area contributed by atoms with Crippen LogP contribution in [0.5, 0.6) is 11.5 Å². The quantitative estimate of drug-likeness (QED) is 0.783. The van der Waals surface area contributed by atoms with E-state index in [2.05, 4.69) is 39.4 Å². The van der Waals surface area contributed by atoms with Gasteiger partial charge >= 0.3 is 0 Å². The predicted molar refractivity (Wildman–Crippen MR) is 93.4 cm³/mol. The molecule has 0 heterocycles. The van der Waals surface area contributed by atoms with E-state index in [9.17, 15) is 0 Å². The van der Waals surface area contributed by atoms with Crippen LogP contribution >= 0.6 is 15.9 Å². The molecule has 0 radical (unpaired) electrons. The van der Waals surface area contributed by atoms with E-state index in [-0.39, 0.29) is 6.10 Å². The lowest BCUT2D eigenvalue weighted by atomic mass is 10.1. The summed E-state index contributed by atoms with van der Waals surface area (Å²) in [6.45, 7) is 5.56. The van der Waals surface area contributed by atoms with Gasteiger partial charge in [-0.15, -0.1) is 0 Å². The van der Waals surface area contributed by atoms with Gasteiger partial charge in [0.05, 0.1) is 13.2 Å². The molecular weight excluding hydrogens is 342 g/mol. The van der Waals surface area contributed by atoms with E-state index in [0.29, 0.717) is 6.54 Å². The Balaban J connectivity index is 2.12. The second-order valence-electron chi connectivity index (χ2n) is 5.35. The summed E-state index contributed by atoms with van der Waals surface area (Å²) in [6, 6.07) is 14.3. The van der Waals surface area contributed by atoms with Crippen LogP contribution in [0.25, 0.3) is 0 Å². The molecule has 2 aromatic carbocycles. The van der Waals surface area contributed by atoms with Crippen molar-refractivity contribution in [3.63, 3.8) is 0 Å². The minimum atomic E-state index is 0.1000. The van der Waals surface area contributed by atoms with Gasteiger partial charge in [0, 0.05) is 23.1 Å². The summed E-state index contributed by atoms with van der Waals surface area (Å²) in [4.78, 5) is 0. The van der Waals surface area contributed by atoms with Gasteiger partial charge in [-0.2, -0.15) is 0 Å². The zero-order valence-electron chi connectivity index (χ0n) is 13.2. The third-order valence-corrected chi connectivity index (χ3v) is 3.62. The number of hydrogen-bond acceptors (Lipinski definition) is 3. The Morgan fingerprint density at radius 1 is 1.09 bits per heavy atom. The van der Waals surface area contributed by atoms with E-state index in [4.69, 9.17) is 9.47 Å². The lowest BCUT2D eigenvalue weighted by molar-refractivity contribution is 0.227. The molecule has 2 rings (SSSR count). The maximum atomic E-state index is 5.94. The SMILES string of the molecule is COc1cc(Br)cc(CNCc2ccccc2)c1OC(C)C. The van der Waals surface area contributed by atoms with Gasteiger partial charge in [-0.05, 0) is 31.5 Å². The molecule has 0 bridgehead atoms. The third-order valence-electron chi connectivity index (χ3n) is 3.16. The molecule has 22 heavy (non-hydrogen) atoms. The van der Waals surface area contributed by atoms with Crippen molar-refractivity contribution >= 4 is 15.9 Å². The van der Waals surface area contributed by atoms with E-state index in [1.54, 1.807) is 7.11 Å². The molecular formula is C18H22BrNO2. The number of halogens is 1. The molecule has 1 N–H and O–H groups in total. The standard InChI is InChI=1S/C18H22BrNO2/c1-13(2)22-18-15(9-16(19)10-17(18)21-3)12-20-11-14-7-5-4-6-8-14/h4-10,13,20H,11-12H2,1-3H3. The summed E-state index contributed by atoms with van der Waals surface area (Å²) >= 11 is 3.53. The van der Waals surface area contributed by atoms with Gasteiger partial charge in [-0.25, -0.2) is 0 Å². The van der Waals surface area contributed by atoms with Crippen LogP contribution < -0.4 is 14.8 Å². The van der Waals surface area contributed by atoms with Crippen molar-refractivity contribution in [3.05, 3.63) is 58.1 Å². The molecule has 2 aromatic rings. The van der Waals surface area contributed by atoms with E-state index in [1.807, 2.05) is 38.1 Å². The van der Waals surface area contributed by atoms with E-state index >= 15 is 0 Å². The summed E-state index contributed by atoms with van der Waals surface area (Å²) in [6.07, 6.45) is 0.1000. The fourth-order valence-corrected chi connectivity index (χ4v) is 2.70. The molecule has 0 unspecified atom stereocenters. The number of ether oxygens (including phenoxy) is 2. The highest BCUT2D eigenvalue weighted by atomic mass is 79.9. The highest BCUT2D eigenvalue weighted by Crippen LogP contribution is 2.35. The second-order valence-corrected chi connectivity index (χ2v) is 6.27. The first-order chi connectivity index (χ1) is 10.6. The van der Waals surface area contributed by atoms with Crippen LogP contribution in [0.2, 0.25) is 0 Å². The third kappa shape index (κ3) is 4.75. The van der Waals surface area contributed by atoms with Crippen molar-refractivity contribution in [2.24, 2.45) is 0 Å². The maximum Gasteiger partial charge on any atom is 0.166 e. The number of methoxy groups -OCH3 is 1. The number of nitrogens with one attached hydrogen (secondary N) is 1. The molecule has 0 saturated carbocycles. The normalized spacial score (nSPS) is 10.8. The van der Waals surface area contributed by atoms with Crippen molar-refractivity contribution < 1.29 is 9.47 Å². The first kappa shape index (κ1) is 16.8. The molecule has 4 heteroatoms. The first-order valence-electron chi connectivity index (χ1n) is 7.38. The second kappa shape index (κ2) is 8.20. The van der Waals surface area contributed by atoms with Crippen LogP contribution in [0, 0.1) is 0 Å². The largest absolute Gasteiger partial charge is 0.493 e. The van der Waals surface area contributed by atoms with Gasteiger partial charge in [-0.3, -0.25) is 0 Å². The molecule has 118 valence electrons. The number of benzene rings is 2. The number of hydrogen-bond donors (Lipinski definition) is 1. The van der Waals surface area contributed by atoms with Crippen LogP contribution in [0.1, 0.15) is 25.0 Å². The predicted octanol–water partition coefficient (Wildman–Crippen LogP) is 4.53. The smallest absolute Gasteiger partial charge is 0.166 e. The summed E-state index contributed by atoms with van der Waals surface area (Å²) in [7, 11) is 1.66. The lowest BCUT2D eigenvalue weighted by Crippen LogP contribution is -2.15. The molecule has 0 aliphatic heterocycles. The summed E-state index contributed by atoms with van der Waals surface area (Å²) in [5.74, 6) is 1.56. The van der Waals surface area contributed by atoms with Gasteiger partial charge in [-0.1, -0.05) is 46.3 Å². The monoisotopic (exact) mass is 363 g/mol. The van der Waals surface area contributed by atoms with Gasteiger partial charge in [0.2, 0.25) is 0 Å². The fourth-order valence-electron chi connectivity index (χ4n) is 2.21. The van der Waals surface area contributed by atoms with Crippen LogP contribution in [0.4, 0.5) is 0 Å². The van der Waals surface area contributed by atoms with E-state index in [1.165, 1.54) is 5.56 Å². The van der Waals surface area contributed by atoms with Crippen molar-refractivity contribution in [1.82, 2.24) is 5.32 Å². The molecule has 0 amide bonds. The maximum absolute atomic E-state index is 5.94. The zero-order valence-corrected chi connectivity index (χ0v) is 14.8. The van der Waals surface area contributed by atoms with Gasteiger partial charge < -0.3 is 14.8 Å². The van der Waals surface area contributed by atoms with E-state index in [0.717, 1.165) is 28.1 Å². The molecule has 0 fully saturated rings. The Morgan fingerprint density at radius 2 is 1.82 bits per heavy atom. The molecule has 3 nitrogen and oxygen atoms in total. The Hall–Kier alpha value is -1.52. The Morgan fingerprint density at radius 3 is 2.45 bits per heavy atom. The summed E-state index contributed by atoms with van der Waals surface area (Å²) < 4.78 is 12.4. The molecule has 0 spiro atoms. The van der Waals surface area contributed by atoms with Crippen molar-refractivity contribution in [3.8, 4) is 11.5 Å². The first-order valence-corrected chi connectivity index (χ1v) is 8.17. The van der Waals surface area contributed by atoms with Crippen LogP contribution in [-0.4, -0.2) is 13.2 Å². The van der Waals surface area contributed by atoms with Crippen molar-refractivity contribution in [2.45, 2.75) is 33.0 Å². The van der Waals surface area contributed by atoms with Gasteiger partial charge in [0.15, 0.2) is 11.5 Å². The lowest BCUT2D eigenvalue weighted by Gasteiger charge is -2.18. The Bertz CT molecular complexity index is 600. The zero-order chi connectivity index (χ0) is 15.9. The minimum absolute atomic E-state index is 0.1000. The molecule has 0 aliphatic rings. The molecule has 0 aliphatic carbocycles. The van der Waals surface area contributed by atoms with Crippen LogP contribution in [0.3, 0.4) is 0 Å². The fraction of sp³-hybridized carbons (Fsp3) is 0.333. The topological polar surface area (TPSA) is 30.5 Å². The van der Waals surface area contributed by atoms with Crippen LogP contribution in [-0.2, 0) is 13.1 Å². The molecule has 0 aromatic heterocycles. The molecule has 0 saturated heterocycles. The molecule has 0 atom stereocenters. The minimum Gasteiger partial charge on any atom is -0.493 e. The van der Waals surface area contributed by atoms with Gasteiger partial charge in [0.25, 0.3) is 0 Å². The highest BCUT2D eigenvalue weighted by molar-refractivity contribution is 9.10. The average Bonchev–Trinajstić information content (AvgIpc) is 2.50. The summed E-state index contributed by atoms with van der Waals surface area (Å²) in [5, 5.41) is 3.45. The Kier molecular flexibility index (Phi) is 6.28. The highest BCUT2D eigenvalue weighted by Gasteiger charge is 2.14.